The zero-order valence-corrected chi connectivity index (χ0v) is 16.7. The fraction of sp³-hybridized carbons (Fsp3) is 0.842. The van der Waals surface area contributed by atoms with E-state index in [1.165, 1.54) is 7.11 Å². The van der Waals surface area contributed by atoms with Crippen molar-refractivity contribution < 1.29 is 23.9 Å². The first-order valence-corrected chi connectivity index (χ1v) is 9.22. The Balaban J connectivity index is 1.89. The number of ether oxygens (including phenoxy) is 2. The van der Waals surface area contributed by atoms with Crippen LogP contribution in [0.3, 0.4) is 0 Å². The Labute approximate surface area is 155 Å². The molecule has 3 saturated carbocycles. The van der Waals surface area contributed by atoms with Gasteiger partial charge in [-0.1, -0.05) is 6.92 Å². The maximum absolute atomic E-state index is 12.1. The number of hydrogen-bond donors (Lipinski definition) is 2. The average molecular weight is 368 g/mol. The molecule has 3 rings (SSSR count). The van der Waals surface area contributed by atoms with Gasteiger partial charge in [0, 0.05) is 13.0 Å². The molecular formula is C19H32N2O5. The Kier molecular flexibility index (Phi) is 5.59. The number of esters is 1. The summed E-state index contributed by atoms with van der Waals surface area (Å²) >= 11 is 0. The topological polar surface area (TPSA) is 93.7 Å². The maximum atomic E-state index is 12.1. The van der Waals surface area contributed by atoms with E-state index in [0.29, 0.717) is 6.42 Å². The summed E-state index contributed by atoms with van der Waals surface area (Å²) in [6.45, 7) is 7.28. The highest BCUT2D eigenvalue weighted by atomic mass is 16.6. The molecule has 0 aromatic heterocycles. The molecular weight excluding hydrogens is 336 g/mol. The van der Waals surface area contributed by atoms with Gasteiger partial charge >= 0.3 is 12.1 Å². The molecule has 3 aliphatic rings. The van der Waals surface area contributed by atoms with Gasteiger partial charge in [-0.2, -0.15) is 0 Å². The van der Waals surface area contributed by atoms with Gasteiger partial charge in [0.1, 0.15) is 11.6 Å². The predicted molar refractivity (Wildman–Crippen MR) is 96.4 cm³/mol. The molecule has 0 aromatic carbocycles. The van der Waals surface area contributed by atoms with Gasteiger partial charge in [0.2, 0.25) is 5.91 Å². The fourth-order valence-electron chi connectivity index (χ4n) is 4.87. The lowest BCUT2D eigenvalue weighted by Gasteiger charge is -2.72. The van der Waals surface area contributed by atoms with Crippen molar-refractivity contribution >= 4 is 18.0 Å². The van der Waals surface area contributed by atoms with E-state index in [0.717, 1.165) is 25.7 Å². The smallest absolute Gasteiger partial charge is 0.408 e. The van der Waals surface area contributed by atoms with Crippen LogP contribution < -0.4 is 10.6 Å². The molecule has 7 nitrogen and oxygen atoms in total. The van der Waals surface area contributed by atoms with Gasteiger partial charge in [-0.15, -0.1) is 0 Å². The van der Waals surface area contributed by atoms with Crippen molar-refractivity contribution in [3.05, 3.63) is 0 Å². The van der Waals surface area contributed by atoms with Crippen molar-refractivity contribution in [3.8, 4) is 0 Å². The third-order valence-electron chi connectivity index (χ3n) is 5.50. The normalized spacial score (nSPS) is 28.7. The summed E-state index contributed by atoms with van der Waals surface area (Å²) in [4.78, 5) is 35.8. The van der Waals surface area contributed by atoms with Crippen LogP contribution in [-0.2, 0) is 19.1 Å². The molecule has 0 heterocycles. The quantitative estimate of drug-likeness (QED) is 0.673. The molecule has 3 aliphatic carbocycles. The first kappa shape index (κ1) is 20.5. The molecule has 0 spiro atoms. The Morgan fingerprint density at radius 1 is 1.08 bits per heavy atom. The highest BCUT2D eigenvalue weighted by molar-refractivity contribution is 5.81. The number of carbonyl (C=O) groups excluding carboxylic acids is 3. The molecule has 148 valence electrons. The molecule has 3 fully saturated rings. The fourth-order valence-corrected chi connectivity index (χ4v) is 4.87. The predicted octanol–water partition coefficient (Wildman–Crippen LogP) is 2.39. The lowest BCUT2D eigenvalue weighted by molar-refractivity contribution is -0.221. The minimum Gasteiger partial charge on any atom is -0.467 e. The number of carbonyl (C=O) groups is 3. The molecule has 2 amide bonds. The molecule has 0 aliphatic heterocycles. The number of amides is 2. The molecule has 0 radical (unpaired) electrons. The summed E-state index contributed by atoms with van der Waals surface area (Å²) in [5.41, 5.74) is -0.337. The summed E-state index contributed by atoms with van der Waals surface area (Å²) in [6, 6.07) is -0.704. The summed E-state index contributed by atoms with van der Waals surface area (Å²) < 4.78 is 10.1. The highest BCUT2D eigenvalue weighted by Gasteiger charge is 2.67. The van der Waals surface area contributed by atoms with Gasteiger partial charge in [-0.3, -0.25) is 4.79 Å². The third kappa shape index (κ3) is 4.48. The van der Waals surface area contributed by atoms with Crippen LogP contribution in [0.15, 0.2) is 0 Å². The van der Waals surface area contributed by atoms with E-state index in [4.69, 9.17) is 9.47 Å². The van der Waals surface area contributed by atoms with E-state index < -0.39 is 23.7 Å². The number of hydrogen-bond acceptors (Lipinski definition) is 5. The second kappa shape index (κ2) is 7.08. The van der Waals surface area contributed by atoms with Crippen LogP contribution in [0.1, 0.15) is 59.8 Å². The lowest BCUT2D eigenvalue weighted by atomic mass is 9.32. The van der Waals surface area contributed by atoms with Gasteiger partial charge in [0.15, 0.2) is 0 Å². The van der Waals surface area contributed by atoms with Crippen molar-refractivity contribution in [1.29, 1.82) is 0 Å². The van der Waals surface area contributed by atoms with E-state index in [9.17, 15) is 14.4 Å². The van der Waals surface area contributed by atoms with E-state index >= 15 is 0 Å². The second-order valence-electron chi connectivity index (χ2n) is 9.18. The van der Waals surface area contributed by atoms with Gasteiger partial charge < -0.3 is 20.1 Å². The van der Waals surface area contributed by atoms with Crippen LogP contribution in [0.25, 0.3) is 0 Å². The zero-order valence-electron chi connectivity index (χ0n) is 16.7. The first-order chi connectivity index (χ1) is 11.9. The van der Waals surface area contributed by atoms with Crippen LogP contribution in [0, 0.1) is 16.7 Å². The molecule has 7 heteroatoms. The number of nitrogens with one attached hydrogen (secondary N) is 2. The van der Waals surface area contributed by atoms with Crippen LogP contribution >= 0.6 is 0 Å². The Morgan fingerprint density at radius 3 is 2.08 bits per heavy atom. The van der Waals surface area contributed by atoms with Crippen molar-refractivity contribution in [2.24, 2.45) is 16.7 Å². The Bertz CT molecular complexity index is 561. The number of alkyl carbamates (subject to hydrolysis) is 1. The first-order valence-electron chi connectivity index (χ1n) is 9.22. The van der Waals surface area contributed by atoms with Gasteiger partial charge in [-0.25, -0.2) is 9.59 Å². The standard InChI is InChI=1S/C19H32N2O5/c1-12(14(22)20-5)7-18-9-19(10-18,11-18)8-13(15(23)25-6)21-16(24)26-17(2,3)4/h12-13H,7-11H2,1-6H3,(H,20,22)(H,21,24). The van der Waals surface area contributed by atoms with Crippen LogP contribution in [-0.4, -0.2) is 43.8 Å². The minimum absolute atomic E-state index is 0.00501. The zero-order chi connectivity index (χ0) is 19.8. The SMILES string of the molecule is CNC(=O)C(C)CC12CC(CC(NC(=O)OC(C)(C)C)C(=O)OC)(C1)C2. The molecule has 2 atom stereocenters. The number of methoxy groups -OCH3 is 1. The maximum Gasteiger partial charge on any atom is 0.408 e. The Morgan fingerprint density at radius 2 is 1.62 bits per heavy atom. The summed E-state index contributed by atoms with van der Waals surface area (Å²) in [6.07, 6.45) is 3.79. The molecule has 2 bridgehead atoms. The van der Waals surface area contributed by atoms with Crippen LogP contribution in [0.2, 0.25) is 0 Å². The second-order valence-corrected chi connectivity index (χ2v) is 9.18. The average Bonchev–Trinajstić information content (AvgIpc) is 2.46. The summed E-state index contributed by atoms with van der Waals surface area (Å²) in [5, 5.41) is 5.35. The van der Waals surface area contributed by atoms with E-state index in [-0.39, 0.29) is 22.7 Å². The van der Waals surface area contributed by atoms with Crippen molar-refractivity contribution in [2.45, 2.75) is 71.4 Å². The lowest BCUT2D eigenvalue weighted by Crippen LogP contribution is -2.64. The van der Waals surface area contributed by atoms with Crippen molar-refractivity contribution in [1.82, 2.24) is 10.6 Å². The van der Waals surface area contributed by atoms with Gasteiger partial charge in [0.25, 0.3) is 0 Å². The van der Waals surface area contributed by atoms with Crippen LogP contribution in [0.5, 0.6) is 0 Å². The minimum atomic E-state index is -0.704. The van der Waals surface area contributed by atoms with Crippen LogP contribution in [0.4, 0.5) is 4.79 Å². The van der Waals surface area contributed by atoms with Gasteiger partial charge in [-0.05, 0) is 63.7 Å². The van der Waals surface area contributed by atoms with Crippen molar-refractivity contribution in [2.75, 3.05) is 14.2 Å². The largest absolute Gasteiger partial charge is 0.467 e. The van der Waals surface area contributed by atoms with E-state index in [2.05, 4.69) is 10.6 Å². The summed E-state index contributed by atoms with van der Waals surface area (Å²) in [5.74, 6) is -0.384. The molecule has 26 heavy (non-hydrogen) atoms. The molecule has 2 N–H and O–H groups in total. The van der Waals surface area contributed by atoms with Gasteiger partial charge in [0.05, 0.1) is 7.11 Å². The monoisotopic (exact) mass is 368 g/mol. The molecule has 0 saturated heterocycles. The van der Waals surface area contributed by atoms with Crippen molar-refractivity contribution in [3.63, 3.8) is 0 Å². The summed E-state index contributed by atoms with van der Waals surface area (Å²) in [7, 11) is 2.98. The van der Waals surface area contributed by atoms with E-state index in [1.54, 1.807) is 27.8 Å². The molecule has 2 unspecified atom stereocenters. The number of rotatable bonds is 7. The van der Waals surface area contributed by atoms with E-state index in [1.807, 2.05) is 6.92 Å². The third-order valence-corrected chi connectivity index (χ3v) is 5.50. The molecule has 0 aromatic rings. The Hall–Kier alpha value is -1.79. The highest BCUT2D eigenvalue weighted by Crippen LogP contribution is 2.77.